The van der Waals surface area contributed by atoms with E-state index in [4.69, 9.17) is 0 Å². The second-order valence-corrected chi connectivity index (χ2v) is 3.55. The van der Waals surface area contributed by atoms with Crippen LogP contribution in [0.25, 0.3) is 10.9 Å². The van der Waals surface area contributed by atoms with Gasteiger partial charge in [-0.05, 0) is 13.1 Å². The zero-order valence-electron chi connectivity index (χ0n) is 8.65. The highest BCUT2D eigenvalue weighted by atomic mass is 19.4. The number of fused-ring (bicyclic) bond motifs is 1. The van der Waals surface area contributed by atoms with Crippen LogP contribution in [0.3, 0.4) is 0 Å². The third kappa shape index (κ3) is 1.78. The SMILES string of the molecule is CNCc1[nH]c2ccccc2c1C(F)(F)F. The summed E-state index contributed by atoms with van der Waals surface area (Å²) in [7, 11) is 1.62. The van der Waals surface area contributed by atoms with Crippen LogP contribution in [-0.2, 0) is 12.7 Å². The van der Waals surface area contributed by atoms with Crippen LogP contribution in [0.15, 0.2) is 24.3 Å². The zero-order valence-corrected chi connectivity index (χ0v) is 8.65. The number of halogens is 3. The molecule has 0 aliphatic rings. The first kappa shape index (κ1) is 11.0. The summed E-state index contributed by atoms with van der Waals surface area (Å²) >= 11 is 0. The fraction of sp³-hybridized carbons (Fsp3) is 0.273. The molecule has 0 unspecified atom stereocenters. The lowest BCUT2D eigenvalue weighted by molar-refractivity contribution is -0.136. The number of para-hydroxylation sites is 1. The molecule has 0 saturated heterocycles. The summed E-state index contributed by atoms with van der Waals surface area (Å²) in [4.78, 5) is 2.79. The maximum atomic E-state index is 12.9. The van der Waals surface area contributed by atoms with E-state index in [1.807, 2.05) is 0 Å². The van der Waals surface area contributed by atoms with Crippen LogP contribution in [0.1, 0.15) is 11.3 Å². The highest BCUT2D eigenvalue weighted by Crippen LogP contribution is 2.37. The number of hydrogen-bond donors (Lipinski definition) is 2. The van der Waals surface area contributed by atoms with E-state index in [0.29, 0.717) is 5.52 Å². The predicted octanol–water partition coefficient (Wildman–Crippen LogP) is 2.91. The Morgan fingerprint density at radius 1 is 1.25 bits per heavy atom. The molecule has 1 aromatic carbocycles. The van der Waals surface area contributed by atoms with E-state index in [0.717, 1.165) is 0 Å². The molecule has 0 radical (unpaired) electrons. The Hall–Kier alpha value is -1.49. The fourth-order valence-corrected chi connectivity index (χ4v) is 1.83. The summed E-state index contributed by atoms with van der Waals surface area (Å²) in [6.45, 7) is 0.170. The molecular formula is C11H11F3N2. The van der Waals surface area contributed by atoms with Gasteiger partial charge in [-0.1, -0.05) is 18.2 Å². The molecule has 0 aliphatic carbocycles. The lowest BCUT2D eigenvalue weighted by atomic mass is 10.1. The van der Waals surface area contributed by atoms with Crippen molar-refractivity contribution in [3.63, 3.8) is 0 Å². The maximum Gasteiger partial charge on any atom is 0.418 e. The van der Waals surface area contributed by atoms with Crippen molar-refractivity contribution in [2.24, 2.45) is 0 Å². The number of hydrogen-bond acceptors (Lipinski definition) is 1. The number of aromatic amines is 1. The molecule has 2 aromatic rings. The van der Waals surface area contributed by atoms with E-state index in [-0.39, 0.29) is 17.6 Å². The third-order valence-electron chi connectivity index (χ3n) is 2.42. The molecule has 0 atom stereocenters. The Morgan fingerprint density at radius 2 is 1.94 bits per heavy atom. The molecule has 2 rings (SSSR count). The van der Waals surface area contributed by atoms with Gasteiger partial charge < -0.3 is 10.3 Å². The Labute approximate surface area is 90.5 Å². The van der Waals surface area contributed by atoms with Crippen molar-refractivity contribution in [1.29, 1.82) is 0 Å². The summed E-state index contributed by atoms with van der Waals surface area (Å²) in [5.41, 5.74) is 0.119. The van der Waals surface area contributed by atoms with Crippen LogP contribution in [0.5, 0.6) is 0 Å². The Kier molecular flexibility index (Phi) is 2.63. The third-order valence-corrected chi connectivity index (χ3v) is 2.42. The number of nitrogens with one attached hydrogen (secondary N) is 2. The molecule has 0 spiro atoms. The summed E-state index contributed by atoms with van der Waals surface area (Å²) < 4.78 is 38.7. The van der Waals surface area contributed by atoms with Crippen molar-refractivity contribution in [3.05, 3.63) is 35.5 Å². The van der Waals surface area contributed by atoms with E-state index in [9.17, 15) is 13.2 Å². The standard InChI is InChI=1S/C11H11F3N2/c1-15-6-9-10(11(12,13)14)7-4-2-3-5-8(7)16-9/h2-5,15-16H,6H2,1H3. The first-order valence-electron chi connectivity index (χ1n) is 4.85. The second-order valence-electron chi connectivity index (χ2n) is 3.55. The number of aromatic nitrogens is 1. The van der Waals surface area contributed by atoms with E-state index in [1.165, 1.54) is 6.07 Å². The van der Waals surface area contributed by atoms with Gasteiger partial charge in [0.05, 0.1) is 5.56 Å². The monoisotopic (exact) mass is 228 g/mol. The van der Waals surface area contributed by atoms with E-state index >= 15 is 0 Å². The van der Waals surface area contributed by atoms with Gasteiger partial charge in [-0.15, -0.1) is 0 Å². The topological polar surface area (TPSA) is 27.8 Å². The van der Waals surface area contributed by atoms with Gasteiger partial charge >= 0.3 is 6.18 Å². The van der Waals surface area contributed by atoms with Crippen molar-refractivity contribution in [2.75, 3.05) is 7.05 Å². The average molecular weight is 228 g/mol. The van der Waals surface area contributed by atoms with Crippen molar-refractivity contribution < 1.29 is 13.2 Å². The molecule has 0 saturated carbocycles. The van der Waals surface area contributed by atoms with Gasteiger partial charge in [-0.25, -0.2) is 0 Å². The minimum atomic E-state index is -4.33. The molecule has 0 bridgehead atoms. The molecule has 1 aromatic heterocycles. The van der Waals surface area contributed by atoms with Crippen LogP contribution in [-0.4, -0.2) is 12.0 Å². The molecular weight excluding hydrogens is 217 g/mol. The molecule has 0 fully saturated rings. The molecule has 5 heteroatoms. The van der Waals surface area contributed by atoms with E-state index in [2.05, 4.69) is 10.3 Å². The summed E-state index contributed by atoms with van der Waals surface area (Å²) in [6, 6.07) is 6.44. The largest absolute Gasteiger partial charge is 0.418 e. The Bertz CT molecular complexity index is 499. The summed E-state index contributed by atoms with van der Waals surface area (Å²) in [5.74, 6) is 0. The van der Waals surface area contributed by atoms with Crippen LogP contribution in [0, 0.1) is 0 Å². The first-order chi connectivity index (χ1) is 7.54. The lowest BCUT2D eigenvalue weighted by Gasteiger charge is -2.08. The van der Waals surface area contributed by atoms with Gasteiger partial charge in [0.1, 0.15) is 0 Å². The van der Waals surface area contributed by atoms with Crippen LogP contribution in [0.4, 0.5) is 13.2 Å². The summed E-state index contributed by atoms with van der Waals surface area (Å²) in [6.07, 6.45) is -4.33. The molecule has 2 N–H and O–H groups in total. The van der Waals surface area contributed by atoms with Crippen LogP contribution >= 0.6 is 0 Å². The van der Waals surface area contributed by atoms with Gasteiger partial charge in [0.25, 0.3) is 0 Å². The molecule has 0 amide bonds. The van der Waals surface area contributed by atoms with Gasteiger partial charge in [-0.2, -0.15) is 13.2 Å². The van der Waals surface area contributed by atoms with Gasteiger partial charge in [0.2, 0.25) is 0 Å². The number of alkyl halides is 3. The number of H-pyrrole nitrogens is 1. The Balaban J connectivity index is 2.69. The minimum absolute atomic E-state index is 0.170. The molecule has 16 heavy (non-hydrogen) atoms. The minimum Gasteiger partial charge on any atom is -0.357 e. The molecule has 86 valence electrons. The molecule has 1 heterocycles. The second kappa shape index (κ2) is 3.83. The van der Waals surface area contributed by atoms with Crippen molar-refractivity contribution in [2.45, 2.75) is 12.7 Å². The van der Waals surface area contributed by atoms with E-state index < -0.39 is 11.7 Å². The normalized spacial score (nSPS) is 12.2. The number of benzene rings is 1. The fourth-order valence-electron chi connectivity index (χ4n) is 1.83. The smallest absolute Gasteiger partial charge is 0.357 e. The highest BCUT2D eigenvalue weighted by molar-refractivity contribution is 5.85. The predicted molar refractivity (Wildman–Crippen MR) is 56.1 cm³/mol. The van der Waals surface area contributed by atoms with Crippen molar-refractivity contribution in [3.8, 4) is 0 Å². The molecule has 2 nitrogen and oxygen atoms in total. The van der Waals surface area contributed by atoms with Crippen LogP contribution in [0.2, 0.25) is 0 Å². The van der Waals surface area contributed by atoms with Crippen LogP contribution < -0.4 is 5.32 Å². The van der Waals surface area contributed by atoms with Crippen molar-refractivity contribution in [1.82, 2.24) is 10.3 Å². The molecule has 0 aliphatic heterocycles. The lowest BCUT2D eigenvalue weighted by Crippen LogP contribution is -2.13. The highest BCUT2D eigenvalue weighted by Gasteiger charge is 2.36. The Morgan fingerprint density at radius 3 is 2.56 bits per heavy atom. The first-order valence-corrected chi connectivity index (χ1v) is 4.85. The maximum absolute atomic E-state index is 12.9. The number of rotatable bonds is 2. The van der Waals surface area contributed by atoms with Crippen molar-refractivity contribution >= 4 is 10.9 Å². The quantitative estimate of drug-likeness (QED) is 0.812. The average Bonchev–Trinajstić information content (AvgIpc) is 2.55. The van der Waals surface area contributed by atoms with Gasteiger partial charge in [0.15, 0.2) is 0 Å². The van der Waals surface area contributed by atoms with Gasteiger partial charge in [0, 0.05) is 23.1 Å². The summed E-state index contributed by atoms with van der Waals surface area (Å²) in [5, 5.41) is 2.95. The zero-order chi connectivity index (χ0) is 11.8. The van der Waals surface area contributed by atoms with Gasteiger partial charge in [-0.3, -0.25) is 0 Å². The van der Waals surface area contributed by atoms with E-state index in [1.54, 1.807) is 25.2 Å².